The van der Waals surface area contributed by atoms with Gasteiger partial charge in [-0.25, -0.2) is 0 Å². The van der Waals surface area contributed by atoms with Gasteiger partial charge in [-0.2, -0.15) is 0 Å². The topological polar surface area (TPSA) is 66.8 Å². The van der Waals surface area contributed by atoms with Crippen molar-refractivity contribution in [3.05, 3.63) is 46.6 Å². The van der Waals surface area contributed by atoms with E-state index in [0.717, 1.165) is 5.56 Å². The molecule has 0 fully saturated rings. The molecule has 114 valence electrons. The van der Waals surface area contributed by atoms with Crippen LogP contribution in [0.25, 0.3) is 0 Å². The van der Waals surface area contributed by atoms with Crippen LogP contribution in [0.5, 0.6) is 0 Å². The van der Waals surface area contributed by atoms with E-state index in [0.29, 0.717) is 17.3 Å². The van der Waals surface area contributed by atoms with Crippen molar-refractivity contribution in [3.8, 4) is 0 Å². The average molecular weight is 312 g/mol. The Labute approximate surface area is 128 Å². The molecule has 0 atom stereocenters. The van der Waals surface area contributed by atoms with Crippen LogP contribution in [0.4, 0.5) is 0 Å². The Balaban J connectivity index is 2.75. The number of likely N-dealkylation sites (N-methyl/N-ethyl adjacent to an activating group) is 1. The van der Waals surface area contributed by atoms with Gasteiger partial charge in [-0.05, 0) is 17.7 Å². The van der Waals surface area contributed by atoms with Gasteiger partial charge in [-0.1, -0.05) is 29.8 Å². The van der Waals surface area contributed by atoms with Crippen molar-refractivity contribution in [2.24, 2.45) is 0 Å². The van der Waals surface area contributed by atoms with Gasteiger partial charge in [0.15, 0.2) is 0 Å². The second kappa shape index (κ2) is 8.32. The number of carbonyl (C=O) groups excluding carboxylic acids is 1. The van der Waals surface area contributed by atoms with Crippen LogP contribution in [0.3, 0.4) is 0 Å². The molecule has 0 spiro atoms. The number of carboxylic acid groups (broad SMARTS) is 1. The molecule has 0 bridgehead atoms. The zero-order valence-electron chi connectivity index (χ0n) is 12.0. The molecule has 0 saturated carbocycles. The highest BCUT2D eigenvalue weighted by Gasteiger charge is 2.09. The number of carboxylic acids is 1. The number of esters is 1. The Morgan fingerprint density at radius 1 is 1.33 bits per heavy atom. The van der Waals surface area contributed by atoms with E-state index in [1.54, 1.807) is 18.2 Å². The van der Waals surface area contributed by atoms with Gasteiger partial charge in [-0.15, -0.1) is 0 Å². The molecule has 0 amide bonds. The fourth-order valence-corrected chi connectivity index (χ4v) is 1.80. The third-order valence-electron chi connectivity index (χ3n) is 2.76. The maximum absolute atomic E-state index is 10.9. The first-order valence-corrected chi connectivity index (χ1v) is 6.76. The SMILES string of the molecule is CC(=O)OCC(=CCC(=O)O)N(C)Cc1ccc(Cl)cc1. The number of nitrogens with zero attached hydrogens (tertiary/aromatic N) is 1. The van der Waals surface area contributed by atoms with E-state index in [4.69, 9.17) is 21.4 Å². The largest absolute Gasteiger partial charge is 0.481 e. The summed E-state index contributed by atoms with van der Waals surface area (Å²) in [4.78, 5) is 23.4. The molecule has 1 rings (SSSR count). The van der Waals surface area contributed by atoms with Crippen molar-refractivity contribution in [3.63, 3.8) is 0 Å². The average Bonchev–Trinajstić information content (AvgIpc) is 2.40. The molecule has 0 aliphatic rings. The number of rotatable bonds is 7. The number of carbonyl (C=O) groups is 2. The van der Waals surface area contributed by atoms with Gasteiger partial charge in [0.05, 0.1) is 6.42 Å². The third-order valence-corrected chi connectivity index (χ3v) is 3.01. The van der Waals surface area contributed by atoms with Crippen LogP contribution in [0, 0.1) is 0 Å². The van der Waals surface area contributed by atoms with E-state index in [1.165, 1.54) is 6.92 Å². The Morgan fingerprint density at radius 3 is 2.48 bits per heavy atom. The molecule has 0 heterocycles. The molecule has 0 aliphatic carbocycles. The second-order valence-corrected chi connectivity index (χ2v) is 4.99. The van der Waals surface area contributed by atoms with Crippen molar-refractivity contribution in [2.45, 2.75) is 19.9 Å². The van der Waals surface area contributed by atoms with Gasteiger partial charge >= 0.3 is 11.9 Å². The van der Waals surface area contributed by atoms with Crippen LogP contribution < -0.4 is 0 Å². The number of benzene rings is 1. The molecule has 1 N–H and O–H groups in total. The van der Waals surface area contributed by atoms with E-state index >= 15 is 0 Å². The molecule has 1 aromatic rings. The van der Waals surface area contributed by atoms with E-state index in [2.05, 4.69) is 0 Å². The van der Waals surface area contributed by atoms with Crippen LogP contribution in [0.1, 0.15) is 18.9 Å². The summed E-state index contributed by atoms with van der Waals surface area (Å²) in [6.07, 6.45) is 1.42. The molecule has 0 unspecified atom stereocenters. The Bertz CT molecular complexity index is 525. The standard InChI is InChI=1S/C15H18ClNO4/c1-11(18)21-10-14(7-8-15(19)20)17(2)9-12-3-5-13(16)6-4-12/h3-7H,8-10H2,1-2H3,(H,19,20). The summed E-state index contributed by atoms with van der Waals surface area (Å²) in [6, 6.07) is 7.35. The minimum atomic E-state index is -0.935. The van der Waals surface area contributed by atoms with Crippen LogP contribution in [0.2, 0.25) is 5.02 Å². The maximum atomic E-state index is 10.9. The van der Waals surface area contributed by atoms with Crippen molar-refractivity contribution in [2.75, 3.05) is 13.7 Å². The molecule has 0 radical (unpaired) electrons. The zero-order chi connectivity index (χ0) is 15.8. The number of hydrogen-bond donors (Lipinski definition) is 1. The summed E-state index contributed by atoms with van der Waals surface area (Å²) in [6.45, 7) is 1.92. The van der Waals surface area contributed by atoms with Gasteiger partial charge in [0.25, 0.3) is 0 Å². The van der Waals surface area contributed by atoms with Gasteiger partial charge in [-0.3, -0.25) is 9.59 Å². The van der Waals surface area contributed by atoms with Gasteiger partial charge in [0, 0.05) is 31.2 Å². The Morgan fingerprint density at radius 2 is 1.95 bits per heavy atom. The first kappa shape index (κ1) is 17.0. The van der Waals surface area contributed by atoms with Crippen molar-refractivity contribution in [1.29, 1.82) is 0 Å². The highest BCUT2D eigenvalue weighted by molar-refractivity contribution is 6.30. The molecule has 0 aromatic heterocycles. The molecular formula is C15H18ClNO4. The first-order chi connectivity index (χ1) is 9.88. The predicted octanol–water partition coefficient (Wildman–Crippen LogP) is 2.69. The number of ether oxygens (including phenoxy) is 1. The van der Waals surface area contributed by atoms with Gasteiger partial charge < -0.3 is 14.7 Å². The number of hydrogen-bond acceptors (Lipinski definition) is 4. The van der Waals surface area contributed by atoms with Gasteiger partial charge in [0.2, 0.25) is 0 Å². The smallest absolute Gasteiger partial charge is 0.307 e. The van der Waals surface area contributed by atoms with E-state index < -0.39 is 11.9 Å². The molecule has 5 nitrogen and oxygen atoms in total. The van der Waals surface area contributed by atoms with Gasteiger partial charge in [0.1, 0.15) is 6.61 Å². The minimum absolute atomic E-state index is 0.0483. The van der Waals surface area contributed by atoms with Crippen molar-refractivity contribution < 1.29 is 19.4 Å². The highest BCUT2D eigenvalue weighted by Crippen LogP contribution is 2.14. The lowest BCUT2D eigenvalue weighted by molar-refractivity contribution is -0.140. The highest BCUT2D eigenvalue weighted by atomic mass is 35.5. The van der Waals surface area contributed by atoms with Crippen LogP contribution in [0.15, 0.2) is 36.0 Å². The summed E-state index contributed by atoms with van der Waals surface area (Å²) in [5, 5.41) is 9.41. The predicted molar refractivity (Wildman–Crippen MR) is 79.9 cm³/mol. The zero-order valence-corrected chi connectivity index (χ0v) is 12.8. The Kier molecular flexibility index (Phi) is 6.75. The summed E-state index contributed by atoms with van der Waals surface area (Å²) < 4.78 is 4.95. The van der Waals surface area contributed by atoms with Crippen molar-refractivity contribution in [1.82, 2.24) is 4.90 Å². The van der Waals surface area contributed by atoms with Crippen LogP contribution in [-0.2, 0) is 20.9 Å². The summed E-state index contributed by atoms with van der Waals surface area (Å²) in [7, 11) is 1.81. The van der Waals surface area contributed by atoms with Crippen LogP contribution >= 0.6 is 11.6 Å². The lowest BCUT2D eigenvalue weighted by Crippen LogP contribution is -2.22. The maximum Gasteiger partial charge on any atom is 0.307 e. The normalized spacial score (nSPS) is 11.1. The lowest BCUT2D eigenvalue weighted by Gasteiger charge is -2.22. The first-order valence-electron chi connectivity index (χ1n) is 6.38. The quantitative estimate of drug-likeness (QED) is 0.784. The molecule has 21 heavy (non-hydrogen) atoms. The van der Waals surface area contributed by atoms with Crippen LogP contribution in [-0.4, -0.2) is 35.6 Å². The fourth-order valence-electron chi connectivity index (χ4n) is 1.67. The summed E-state index contributed by atoms with van der Waals surface area (Å²) in [5.41, 5.74) is 1.66. The third kappa shape index (κ3) is 6.81. The summed E-state index contributed by atoms with van der Waals surface area (Å²) in [5.74, 6) is -1.34. The monoisotopic (exact) mass is 311 g/mol. The molecular weight excluding hydrogens is 294 g/mol. The Hall–Kier alpha value is -2.01. The fraction of sp³-hybridized carbons (Fsp3) is 0.333. The number of halogens is 1. The summed E-state index contributed by atoms with van der Waals surface area (Å²) >= 11 is 5.83. The van der Waals surface area contributed by atoms with E-state index in [9.17, 15) is 9.59 Å². The molecule has 0 saturated heterocycles. The number of aliphatic carboxylic acids is 1. The second-order valence-electron chi connectivity index (χ2n) is 4.56. The molecule has 1 aromatic carbocycles. The van der Waals surface area contributed by atoms with E-state index in [-0.39, 0.29) is 13.0 Å². The van der Waals surface area contributed by atoms with Crippen molar-refractivity contribution >= 4 is 23.5 Å². The molecule has 6 heteroatoms. The minimum Gasteiger partial charge on any atom is -0.481 e. The van der Waals surface area contributed by atoms with E-state index in [1.807, 2.05) is 24.1 Å². The lowest BCUT2D eigenvalue weighted by atomic mass is 10.2. The molecule has 0 aliphatic heterocycles.